The maximum atomic E-state index is 12.9. The molecular weight excluding hydrogens is 428 g/mol. The van der Waals surface area contributed by atoms with Crippen LogP contribution in [0.25, 0.3) is 0 Å². The average molecular weight is 459 g/mol. The predicted molar refractivity (Wildman–Crippen MR) is 133 cm³/mol. The number of nitrogens with two attached hydrogens (primary N) is 2. The van der Waals surface area contributed by atoms with E-state index in [0.717, 1.165) is 25.7 Å². The standard InChI is InChI=1S/C27H30N4O3/c1-31(21-11-9-20(28)10-12-21)27(32)19-7-15-23(16-8-19)34-25-4-2-3-24(17-25)33-22-13-5-18(6-14-22)26(29)30/h2-8,13-17,20-21H,9-12,28H2,1H3,(H3,29,30). The first kappa shape index (κ1) is 23.3. The molecule has 1 aliphatic rings. The molecular formula is C27H30N4O3. The summed E-state index contributed by atoms with van der Waals surface area (Å²) in [6, 6.07) is 22.0. The molecule has 3 aromatic carbocycles. The van der Waals surface area contributed by atoms with Crippen molar-refractivity contribution < 1.29 is 14.3 Å². The summed E-state index contributed by atoms with van der Waals surface area (Å²) in [5, 5.41) is 7.47. The molecule has 176 valence electrons. The van der Waals surface area contributed by atoms with Gasteiger partial charge in [-0.05, 0) is 86.3 Å². The molecule has 1 aliphatic carbocycles. The Balaban J connectivity index is 1.37. The van der Waals surface area contributed by atoms with Crippen molar-refractivity contribution in [3.8, 4) is 23.0 Å². The van der Waals surface area contributed by atoms with Crippen molar-refractivity contribution in [1.82, 2.24) is 4.90 Å². The normalized spacial score (nSPS) is 17.6. The van der Waals surface area contributed by atoms with Gasteiger partial charge in [-0.25, -0.2) is 0 Å². The molecule has 1 saturated carbocycles. The van der Waals surface area contributed by atoms with Crippen molar-refractivity contribution in [1.29, 1.82) is 5.41 Å². The van der Waals surface area contributed by atoms with Crippen LogP contribution in [0.1, 0.15) is 41.6 Å². The number of nitrogen functional groups attached to an aromatic ring is 1. The Bertz CT molecular complexity index is 1140. The highest BCUT2D eigenvalue weighted by molar-refractivity contribution is 5.95. The quantitative estimate of drug-likeness (QED) is 0.344. The van der Waals surface area contributed by atoms with Gasteiger partial charge in [-0.3, -0.25) is 10.2 Å². The fraction of sp³-hybridized carbons (Fsp3) is 0.259. The first-order valence-corrected chi connectivity index (χ1v) is 11.4. The van der Waals surface area contributed by atoms with Gasteiger partial charge in [-0.1, -0.05) is 6.07 Å². The van der Waals surface area contributed by atoms with Gasteiger partial charge in [-0.2, -0.15) is 0 Å². The summed E-state index contributed by atoms with van der Waals surface area (Å²) in [5.41, 5.74) is 12.8. The highest BCUT2D eigenvalue weighted by Crippen LogP contribution is 2.29. The third-order valence-electron chi connectivity index (χ3n) is 6.15. The summed E-state index contributed by atoms with van der Waals surface area (Å²) in [4.78, 5) is 14.7. The average Bonchev–Trinajstić information content (AvgIpc) is 2.85. The van der Waals surface area contributed by atoms with Crippen molar-refractivity contribution in [2.75, 3.05) is 7.05 Å². The van der Waals surface area contributed by atoms with Gasteiger partial charge in [0.15, 0.2) is 0 Å². The van der Waals surface area contributed by atoms with Gasteiger partial charge in [0.25, 0.3) is 5.91 Å². The molecule has 0 unspecified atom stereocenters. The van der Waals surface area contributed by atoms with E-state index in [1.165, 1.54) is 0 Å². The molecule has 5 N–H and O–H groups in total. The minimum Gasteiger partial charge on any atom is -0.457 e. The summed E-state index contributed by atoms with van der Waals surface area (Å²) in [6.45, 7) is 0. The number of benzene rings is 3. The third-order valence-corrected chi connectivity index (χ3v) is 6.15. The van der Waals surface area contributed by atoms with Crippen molar-refractivity contribution in [2.24, 2.45) is 11.5 Å². The van der Waals surface area contributed by atoms with E-state index in [1.54, 1.807) is 54.6 Å². The molecule has 0 atom stereocenters. The second kappa shape index (κ2) is 10.4. The number of carbonyl (C=O) groups excluding carboxylic acids is 1. The second-order valence-electron chi connectivity index (χ2n) is 8.63. The third kappa shape index (κ3) is 5.74. The maximum Gasteiger partial charge on any atom is 0.253 e. The Morgan fingerprint density at radius 1 is 0.824 bits per heavy atom. The van der Waals surface area contributed by atoms with Crippen LogP contribution in [-0.4, -0.2) is 35.8 Å². The Morgan fingerprint density at radius 3 is 1.82 bits per heavy atom. The lowest BCUT2D eigenvalue weighted by Crippen LogP contribution is -2.41. The molecule has 0 bridgehead atoms. The minimum absolute atomic E-state index is 0.0122. The Kier molecular flexibility index (Phi) is 7.13. The molecule has 4 rings (SSSR count). The molecule has 7 nitrogen and oxygen atoms in total. The molecule has 0 spiro atoms. The summed E-state index contributed by atoms with van der Waals surface area (Å²) in [5.74, 6) is 2.53. The van der Waals surface area contributed by atoms with E-state index in [1.807, 2.05) is 30.1 Å². The number of hydrogen-bond donors (Lipinski definition) is 3. The van der Waals surface area contributed by atoms with E-state index >= 15 is 0 Å². The number of hydrogen-bond acceptors (Lipinski definition) is 5. The van der Waals surface area contributed by atoms with Crippen LogP contribution in [0.4, 0.5) is 0 Å². The first-order valence-electron chi connectivity index (χ1n) is 11.4. The molecule has 0 aliphatic heterocycles. The zero-order chi connectivity index (χ0) is 24.1. The van der Waals surface area contributed by atoms with Crippen LogP contribution in [0.3, 0.4) is 0 Å². The van der Waals surface area contributed by atoms with Crippen molar-refractivity contribution in [2.45, 2.75) is 37.8 Å². The zero-order valence-electron chi connectivity index (χ0n) is 19.2. The number of amidine groups is 1. The van der Waals surface area contributed by atoms with Gasteiger partial charge in [0.2, 0.25) is 0 Å². The minimum atomic E-state index is 0.0122. The SMILES string of the molecule is CN(C(=O)c1ccc(Oc2cccc(Oc3ccc(C(=N)N)cc3)c2)cc1)C1CCC(N)CC1. The highest BCUT2D eigenvalue weighted by atomic mass is 16.5. The van der Waals surface area contributed by atoms with Gasteiger partial charge in [0, 0.05) is 36.3 Å². The largest absolute Gasteiger partial charge is 0.457 e. The molecule has 0 saturated heterocycles. The van der Waals surface area contributed by atoms with E-state index in [9.17, 15) is 4.79 Å². The topological polar surface area (TPSA) is 115 Å². The van der Waals surface area contributed by atoms with Gasteiger partial charge < -0.3 is 25.8 Å². The van der Waals surface area contributed by atoms with Crippen LogP contribution in [0, 0.1) is 5.41 Å². The number of nitrogens with zero attached hydrogens (tertiary/aromatic N) is 1. The summed E-state index contributed by atoms with van der Waals surface area (Å²) < 4.78 is 11.9. The summed E-state index contributed by atoms with van der Waals surface area (Å²) in [6.07, 6.45) is 3.82. The van der Waals surface area contributed by atoms with Crippen LogP contribution < -0.4 is 20.9 Å². The van der Waals surface area contributed by atoms with Crippen molar-refractivity contribution in [3.63, 3.8) is 0 Å². The van der Waals surface area contributed by atoms with Crippen LogP contribution in [0.15, 0.2) is 72.8 Å². The molecule has 1 amide bonds. The highest BCUT2D eigenvalue weighted by Gasteiger charge is 2.25. The van der Waals surface area contributed by atoms with E-state index in [4.69, 9.17) is 26.4 Å². The number of ether oxygens (including phenoxy) is 2. The predicted octanol–water partition coefficient (Wildman–Crippen LogP) is 4.90. The van der Waals surface area contributed by atoms with Crippen LogP contribution >= 0.6 is 0 Å². The fourth-order valence-electron chi connectivity index (χ4n) is 4.10. The van der Waals surface area contributed by atoms with Crippen LogP contribution in [-0.2, 0) is 0 Å². The van der Waals surface area contributed by atoms with E-state index in [2.05, 4.69) is 0 Å². The molecule has 3 aromatic rings. The van der Waals surface area contributed by atoms with Gasteiger partial charge in [0.1, 0.15) is 28.8 Å². The summed E-state index contributed by atoms with van der Waals surface area (Å²) in [7, 11) is 1.87. The van der Waals surface area contributed by atoms with Gasteiger partial charge in [-0.15, -0.1) is 0 Å². The molecule has 0 aromatic heterocycles. The molecule has 0 radical (unpaired) electrons. The number of amides is 1. The molecule has 7 heteroatoms. The lowest BCUT2D eigenvalue weighted by atomic mass is 9.90. The Morgan fingerprint density at radius 2 is 1.32 bits per heavy atom. The monoisotopic (exact) mass is 458 g/mol. The molecule has 0 heterocycles. The van der Waals surface area contributed by atoms with Crippen molar-refractivity contribution >= 4 is 11.7 Å². The number of rotatable bonds is 7. The van der Waals surface area contributed by atoms with Gasteiger partial charge in [0.05, 0.1) is 0 Å². The molecule has 34 heavy (non-hydrogen) atoms. The lowest BCUT2D eigenvalue weighted by Gasteiger charge is -2.33. The second-order valence-corrected chi connectivity index (χ2v) is 8.63. The van der Waals surface area contributed by atoms with Crippen molar-refractivity contribution in [3.05, 3.63) is 83.9 Å². The van der Waals surface area contributed by atoms with Crippen LogP contribution in [0.5, 0.6) is 23.0 Å². The molecule has 1 fully saturated rings. The van der Waals surface area contributed by atoms with E-state index in [-0.39, 0.29) is 23.8 Å². The Hall–Kier alpha value is -3.84. The zero-order valence-corrected chi connectivity index (χ0v) is 19.2. The maximum absolute atomic E-state index is 12.9. The lowest BCUT2D eigenvalue weighted by molar-refractivity contribution is 0.0690. The summed E-state index contributed by atoms with van der Waals surface area (Å²) >= 11 is 0. The van der Waals surface area contributed by atoms with E-state index < -0.39 is 0 Å². The number of nitrogens with one attached hydrogen (secondary N) is 1. The Labute approximate surface area is 199 Å². The fourth-order valence-corrected chi connectivity index (χ4v) is 4.10. The van der Waals surface area contributed by atoms with E-state index in [0.29, 0.717) is 34.1 Å². The smallest absolute Gasteiger partial charge is 0.253 e. The van der Waals surface area contributed by atoms with Crippen LogP contribution in [0.2, 0.25) is 0 Å². The first-order chi connectivity index (χ1) is 16.4. The number of carbonyl (C=O) groups is 1. The van der Waals surface area contributed by atoms with Gasteiger partial charge >= 0.3 is 0 Å².